The molecule has 1 aliphatic rings. The van der Waals surface area contributed by atoms with Crippen molar-refractivity contribution in [1.82, 2.24) is 14.9 Å². The molecule has 0 fully saturated rings. The fourth-order valence-corrected chi connectivity index (χ4v) is 4.10. The number of nitrogens with zero attached hydrogens (tertiary/aromatic N) is 2. The van der Waals surface area contributed by atoms with Crippen LogP contribution in [0.2, 0.25) is 0 Å². The molecule has 0 bridgehead atoms. The number of hydrogen-bond acceptors (Lipinski definition) is 5. The summed E-state index contributed by atoms with van der Waals surface area (Å²) in [5.41, 5.74) is 4.08. The van der Waals surface area contributed by atoms with Gasteiger partial charge in [0.15, 0.2) is 5.16 Å². The molecule has 4 rings (SSSR count). The number of ether oxygens (including phenoxy) is 2. The minimum atomic E-state index is -0.0866. The van der Waals surface area contributed by atoms with Gasteiger partial charge in [-0.15, -0.1) is 0 Å². The second-order valence-electron chi connectivity index (χ2n) is 7.03. The zero-order valence-electron chi connectivity index (χ0n) is 16.2. The average Bonchev–Trinajstić information content (AvgIpc) is 3.00. The first kappa shape index (κ1) is 18.7. The van der Waals surface area contributed by atoms with Gasteiger partial charge in [-0.25, -0.2) is 4.98 Å². The highest BCUT2D eigenvalue weighted by Gasteiger charge is 2.24. The van der Waals surface area contributed by atoms with Crippen molar-refractivity contribution in [3.8, 4) is 11.5 Å². The molecule has 1 unspecified atom stereocenters. The Kier molecular flexibility index (Phi) is 5.17. The molecule has 0 radical (unpaired) electrons. The number of aryl methyl sites for hydroxylation is 1. The van der Waals surface area contributed by atoms with Crippen molar-refractivity contribution in [2.45, 2.75) is 31.7 Å². The smallest absolute Gasteiger partial charge is 0.233 e. The molecule has 2 heterocycles. The third-order valence-electron chi connectivity index (χ3n) is 4.74. The van der Waals surface area contributed by atoms with E-state index in [4.69, 9.17) is 9.47 Å². The third-order valence-corrected chi connectivity index (χ3v) is 5.60. The van der Waals surface area contributed by atoms with E-state index in [1.165, 1.54) is 17.3 Å². The lowest BCUT2D eigenvalue weighted by molar-refractivity contribution is -0.129. The maximum Gasteiger partial charge on any atom is 0.233 e. The van der Waals surface area contributed by atoms with Gasteiger partial charge >= 0.3 is 0 Å². The maximum absolute atomic E-state index is 12.9. The summed E-state index contributed by atoms with van der Waals surface area (Å²) in [6.45, 7) is 5.11. The number of fused-ring (bicyclic) bond motifs is 2. The largest absolute Gasteiger partial charge is 0.497 e. The number of thioether (sulfide) groups is 1. The molecule has 6 nitrogen and oxygen atoms in total. The van der Waals surface area contributed by atoms with Crippen molar-refractivity contribution in [2.75, 3.05) is 19.4 Å². The number of methoxy groups -OCH3 is 1. The van der Waals surface area contributed by atoms with Crippen molar-refractivity contribution >= 4 is 28.7 Å². The Morgan fingerprint density at radius 1 is 1.36 bits per heavy atom. The van der Waals surface area contributed by atoms with Crippen LogP contribution < -0.4 is 9.47 Å². The first-order valence-corrected chi connectivity index (χ1v) is 10.2. The zero-order valence-corrected chi connectivity index (χ0v) is 17.0. The van der Waals surface area contributed by atoms with Gasteiger partial charge in [0.05, 0.1) is 30.4 Å². The number of imidazole rings is 1. The van der Waals surface area contributed by atoms with Crippen LogP contribution in [0.25, 0.3) is 11.0 Å². The van der Waals surface area contributed by atoms with Gasteiger partial charge in [0, 0.05) is 18.2 Å². The molecule has 1 aromatic heterocycles. The van der Waals surface area contributed by atoms with E-state index >= 15 is 0 Å². The Bertz CT molecular complexity index is 1020. The summed E-state index contributed by atoms with van der Waals surface area (Å²) in [6.07, 6.45) is -0.0866. The van der Waals surface area contributed by atoms with E-state index < -0.39 is 0 Å². The number of rotatable bonds is 4. The molecule has 1 N–H and O–H groups in total. The fraction of sp³-hybridized carbons (Fsp3) is 0.333. The van der Waals surface area contributed by atoms with Crippen LogP contribution in [0.1, 0.15) is 18.1 Å². The van der Waals surface area contributed by atoms with Gasteiger partial charge in [0.1, 0.15) is 17.6 Å². The Morgan fingerprint density at radius 2 is 2.21 bits per heavy atom. The van der Waals surface area contributed by atoms with E-state index in [1.54, 1.807) is 7.11 Å². The minimum absolute atomic E-state index is 0.0701. The number of hydrogen-bond donors (Lipinski definition) is 1. The maximum atomic E-state index is 12.9. The van der Waals surface area contributed by atoms with Crippen molar-refractivity contribution in [3.63, 3.8) is 0 Å². The van der Waals surface area contributed by atoms with Gasteiger partial charge in [-0.05, 0) is 43.7 Å². The van der Waals surface area contributed by atoms with Crippen molar-refractivity contribution in [2.24, 2.45) is 0 Å². The normalized spacial score (nSPS) is 16.4. The molecular weight excluding hydrogens is 374 g/mol. The third kappa shape index (κ3) is 3.94. The molecule has 146 valence electrons. The van der Waals surface area contributed by atoms with Crippen LogP contribution in [0.3, 0.4) is 0 Å². The minimum Gasteiger partial charge on any atom is -0.497 e. The summed E-state index contributed by atoms with van der Waals surface area (Å²) in [5.74, 6) is 1.93. The summed E-state index contributed by atoms with van der Waals surface area (Å²) in [4.78, 5) is 22.5. The summed E-state index contributed by atoms with van der Waals surface area (Å²) in [5, 5.41) is 0.762. The summed E-state index contributed by atoms with van der Waals surface area (Å²) in [6, 6.07) is 11.8. The molecular formula is C21H23N3O3S. The molecule has 0 spiro atoms. The number of aromatic amines is 1. The predicted octanol–water partition coefficient (Wildman–Crippen LogP) is 3.78. The highest BCUT2D eigenvalue weighted by atomic mass is 32.2. The topological polar surface area (TPSA) is 67.5 Å². The summed E-state index contributed by atoms with van der Waals surface area (Å²) < 4.78 is 11.3. The van der Waals surface area contributed by atoms with Crippen molar-refractivity contribution in [3.05, 3.63) is 47.5 Å². The number of aromatic nitrogens is 2. The molecule has 1 amide bonds. The Morgan fingerprint density at radius 3 is 3.04 bits per heavy atom. The number of carbonyl (C=O) groups excluding carboxylic acids is 1. The van der Waals surface area contributed by atoms with Crippen LogP contribution in [-0.4, -0.2) is 46.3 Å². The summed E-state index contributed by atoms with van der Waals surface area (Å²) in [7, 11) is 1.63. The number of carbonyl (C=O) groups is 1. The first-order chi connectivity index (χ1) is 13.5. The SMILES string of the molecule is COc1ccc2c(c1)OC(C)CN(C(=O)CSc1nc3ccc(C)cc3[nH]1)C2. The second kappa shape index (κ2) is 7.75. The van der Waals surface area contributed by atoms with Gasteiger partial charge in [-0.3, -0.25) is 4.79 Å². The number of nitrogens with one attached hydrogen (secondary N) is 1. The van der Waals surface area contributed by atoms with Crippen molar-refractivity contribution < 1.29 is 14.3 Å². The summed E-state index contributed by atoms with van der Waals surface area (Å²) >= 11 is 1.43. The standard InChI is InChI=1S/C21H23N3O3S/c1-13-4-7-17-18(8-13)23-21(22-17)28-12-20(25)24-10-14(2)27-19-9-16(26-3)6-5-15(19)11-24/h4-9,14H,10-12H2,1-3H3,(H,22,23). The fourth-order valence-electron chi connectivity index (χ4n) is 3.32. The van der Waals surface area contributed by atoms with E-state index in [0.717, 1.165) is 33.3 Å². The lowest BCUT2D eigenvalue weighted by Gasteiger charge is -2.21. The van der Waals surface area contributed by atoms with E-state index in [2.05, 4.69) is 16.0 Å². The molecule has 0 saturated carbocycles. The van der Waals surface area contributed by atoms with E-state index in [0.29, 0.717) is 18.8 Å². The average molecular weight is 398 g/mol. The monoisotopic (exact) mass is 397 g/mol. The Labute approximate surface area is 168 Å². The van der Waals surface area contributed by atoms with E-state index in [-0.39, 0.29) is 12.0 Å². The number of amides is 1. The zero-order chi connectivity index (χ0) is 19.7. The van der Waals surface area contributed by atoms with E-state index in [9.17, 15) is 4.79 Å². The van der Waals surface area contributed by atoms with Crippen LogP contribution >= 0.6 is 11.8 Å². The predicted molar refractivity (Wildman–Crippen MR) is 110 cm³/mol. The Hall–Kier alpha value is -2.67. The molecule has 28 heavy (non-hydrogen) atoms. The molecule has 7 heteroatoms. The van der Waals surface area contributed by atoms with Crippen LogP contribution in [0, 0.1) is 6.92 Å². The van der Waals surface area contributed by atoms with Crippen molar-refractivity contribution in [1.29, 1.82) is 0 Å². The molecule has 1 atom stereocenters. The second-order valence-corrected chi connectivity index (χ2v) is 7.99. The van der Waals surface area contributed by atoms with Crippen LogP contribution in [0.15, 0.2) is 41.6 Å². The van der Waals surface area contributed by atoms with Crippen LogP contribution in [-0.2, 0) is 11.3 Å². The van der Waals surface area contributed by atoms with E-state index in [1.807, 2.05) is 49.1 Å². The number of benzene rings is 2. The lowest BCUT2D eigenvalue weighted by Crippen LogP contribution is -2.37. The van der Waals surface area contributed by atoms with Gasteiger partial charge in [-0.2, -0.15) is 0 Å². The number of H-pyrrole nitrogens is 1. The van der Waals surface area contributed by atoms with Crippen LogP contribution in [0.5, 0.6) is 11.5 Å². The molecule has 3 aromatic rings. The van der Waals surface area contributed by atoms with Gasteiger partial charge in [-0.1, -0.05) is 17.8 Å². The highest BCUT2D eigenvalue weighted by Crippen LogP contribution is 2.30. The van der Waals surface area contributed by atoms with Gasteiger partial charge in [0.2, 0.25) is 5.91 Å². The molecule has 2 aromatic carbocycles. The van der Waals surface area contributed by atoms with Crippen LogP contribution in [0.4, 0.5) is 0 Å². The quantitative estimate of drug-likeness (QED) is 0.679. The van der Waals surface area contributed by atoms with Gasteiger partial charge in [0.25, 0.3) is 0 Å². The molecule has 0 saturated heterocycles. The molecule has 0 aliphatic carbocycles. The Balaban J connectivity index is 1.45. The van der Waals surface area contributed by atoms with Gasteiger partial charge < -0.3 is 19.4 Å². The molecule has 1 aliphatic heterocycles. The first-order valence-electron chi connectivity index (χ1n) is 9.22. The highest BCUT2D eigenvalue weighted by molar-refractivity contribution is 7.99. The lowest BCUT2D eigenvalue weighted by atomic mass is 10.2.